The van der Waals surface area contributed by atoms with Gasteiger partial charge in [0.15, 0.2) is 0 Å². The van der Waals surface area contributed by atoms with Crippen LogP contribution in [0.4, 0.5) is 21.6 Å². The Balaban J connectivity index is 1.73. The van der Waals surface area contributed by atoms with E-state index in [0.29, 0.717) is 27.8 Å². The van der Waals surface area contributed by atoms with Crippen molar-refractivity contribution in [2.75, 3.05) is 10.0 Å². The summed E-state index contributed by atoms with van der Waals surface area (Å²) in [6, 6.07) is 13.5. The standard InChI is InChI=1S/C18H15ClFN3O2S/c1-12-10-16(7-8-17(12)19)26(24,25)23-15-6-9-18(21-11-15)22-14-4-2-13(20)3-5-14/h2-11,23H,1H3,(H,21,22). The summed E-state index contributed by atoms with van der Waals surface area (Å²) in [5.41, 5.74) is 1.66. The Morgan fingerprint density at radius 2 is 1.69 bits per heavy atom. The van der Waals surface area contributed by atoms with Crippen LogP contribution in [0.25, 0.3) is 0 Å². The maximum Gasteiger partial charge on any atom is 0.261 e. The van der Waals surface area contributed by atoms with Crippen molar-refractivity contribution in [3.63, 3.8) is 0 Å². The predicted molar refractivity (Wildman–Crippen MR) is 101 cm³/mol. The Bertz CT molecular complexity index is 1020. The molecule has 2 aromatic carbocycles. The van der Waals surface area contributed by atoms with Crippen LogP contribution < -0.4 is 10.0 Å². The van der Waals surface area contributed by atoms with Crippen molar-refractivity contribution in [1.29, 1.82) is 0 Å². The Hall–Kier alpha value is -2.64. The molecular formula is C18H15ClFN3O2S. The molecule has 0 radical (unpaired) electrons. The number of benzene rings is 2. The number of pyridine rings is 1. The lowest BCUT2D eigenvalue weighted by Crippen LogP contribution is -2.13. The minimum atomic E-state index is -3.74. The summed E-state index contributed by atoms with van der Waals surface area (Å²) in [5, 5.41) is 3.50. The molecule has 134 valence electrons. The Morgan fingerprint density at radius 3 is 2.31 bits per heavy atom. The molecule has 0 saturated carbocycles. The Morgan fingerprint density at radius 1 is 1.00 bits per heavy atom. The molecule has 0 amide bonds. The third kappa shape index (κ3) is 4.30. The van der Waals surface area contributed by atoms with Gasteiger partial charge in [-0.25, -0.2) is 17.8 Å². The molecule has 8 heteroatoms. The van der Waals surface area contributed by atoms with Gasteiger partial charge in [-0.1, -0.05) is 11.6 Å². The van der Waals surface area contributed by atoms with Crippen LogP contribution in [0.1, 0.15) is 5.56 Å². The summed E-state index contributed by atoms with van der Waals surface area (Å²) in [7, 11) is -3.74. The van der Waals surface area contributed by atoms with Crippen LogP contribution in [0.5, 0.6) is 0 Å². The average molecular weight is 392 g/mol. The average Bonchev–Trinajstić information content (AvgIpc) is 2.61. The molecule has 3 rings (SSSR count). The van der Waals surface area contributed by atoms with Gasteiger partial charge in [-0.2, -0.15) is 0 Å². The minimum absolute atomic E-state index is 0.118. The highest BCUT2D eigenvalue weighted by molar-refractivity contribution is 7.92. The maximum atomic E-state index is 12.9. The van der Waals surface area contributed by atoms with Gasteiger partial charge in [0.2, 0.25) is 0 Å². The molecule has 1 aromatic heterocycles. The molecule has 26 heavy (non-hydrogen) atoms. The number of aryl methyl sites for hydroxylation is 1. The molecule has 0 fully saturated rings. The van der Waals surface area contributed by atoms with E-state index in [0.717, 1.165) is 0 Å². The first-order valence-electron chi connectivity index (χ1n) is 7.61. The largest absolute Gasteiger partial charge is 0.340 e. The SMILES string of the molecule is Cc1cc(S(=O)(=O)Nc2ccc(Nc3ccc(F)cc3)nc2)ccc1Cl. The fourth-order valence-electron chi connectivity index (χ4n) is 2.21. The quantitative estimate of drug-likeness (QED) is 0.659. The van der Waals surface area contributed by atoms with Crippen LogP contribution in [0.15, 0.2) is 65.7 Å². The maximum absolute atomic E-state index is 12.9. The summed E-state index contributed by atoms with van der Waals surface area (Å²) in [5.74, 6) is 0.174. The molecule has 0 spiro atoms. The fourth-order valence-corrected chi connectivity index (χ4v) is 3.45. The first-order chi connectivity index (χ1) is 12.3. The number of nitrogens with zero attached hydrogens (tertiary/aromatic N) is 1. The lowest BCUT2D eigenvalue weighted by molar-refractivity contribution is 0.601. The van der Waals surface area contributed by atoms with Crippen LogP contribution in [0, 0.1) is 12.7 Å². The summed E-state index contributed by atoms with van der Waals surface area (Å²) >= 11 is 5.93. The van der Waals surface area contributed by atoms with Crippen LogP contribution >= 0.6 is 11.6 Å². The summed E-state index contributed by atoms with van der Waals surface area (Å²) < 4.78 is 40.3. The van der Waals surface area contributed by atoms with E-state index in [9.17, 15) is 12.8 Å². The number of anilines is 3. The third-order valence-corrected chi connectivity index (χ3v) is 5.38. The smallest absolute Gasteiger partial charge is 0.261 e. The van der Waals surface area contributed by atoms with Crippen LogP contribution in [0.3, 0.4) is 0 Å². The van der Waals surface area contributed by atoms with E-state index in [2.05, 4.69) is 15.0 Å². The Labute approximate surface area is 155 Å². The minimum Gasteiger partial charge on any atom is -0.340 e. The van der Waals surface area contributed by atoms with E-state index < -0.39 is 10.0 Å². The first-order valence-corrected chi connectivity index (χ1v) is 9.47. The van der Waals surface area contributed by atoms with Gasteiger partial charge in [-0.3, -0.25) is 4.72 Å². The second-order valence-electron chi connectivity index (χ2n) is 5.58. The van der Waals surface area contributed by atoms with Crippen molar-refractivity contribution in [1.82, 2.24) is 4.98 Å². The lowest BCUT2D eigenvalue weighted by atomic mass is 10.2. The summed E-state index contributed by atoms with van der Waals surface area (Å²) in [4.78, 5) is 4.27. The van der Waals surface area contributed by atoms with Gasteiger partial charge in [0, 0.05) is 10.7 Å². The van der Waals surface area contributed by atoms with Crippen molar-refractivity contribution < 1.29 is 12.8 Å². The van der Waals surface area contributed by atoms with Gasteiger partial charge >= 0.3 is 0 Å². The zero-order valence-corrected chi connectivity index (χ0v) is 15.3. The molecular weight excluding hydrogens is 377 g/mol. The van der Waals surface area contributed by atoms with Crippen molar-refractivity contribution in [3.8, 4) is 0 Å². The van der Waals surface area contributed by atoms with Crippen molar-refractivity contribution >= 4 is 38.8 Å². The summed E-state index contributed by atoms with van der Waals surface area (Å²) in [6.45, 7) is 1.73. The molecule has 0 atom stereocenters. The second-order valence-corrected chi connectivity index (χ2v) is 7.67. The first kappa shape index (κ1) is 18.2. The van der Waals surface area contributed by atoms with E-state index in [4.69, 9.17) is 11.6 Å². The Kier molecular flexibility index (Phi) is 5.11. The van der Waals surface area contributed by atoms with Crippen LogP contribution in [-0.4, -0.2) is 13.4 Å². The van der Waals surface area contributed by atoms with Crippen LogP contribution in [-0.2, 0) is 10.0 Å². The number of rotatable bonds is 5. The zero-order chi connectivity index (χ0) is 18.7. The van der Waals surface area contributed by atoms with Crippen molar-refractivity contribution in [2.24, 2.45) is 0 Å². The number of aromatic nitrogens is 1. The fraction of sp³-hybridized carbons (Fsp3) is 0.0556. The van der Waals surface area contributed by atoms with E-state index in [1.54, 1.807) is 37.3 Å². The van der Waals surface area contributed by atoms with Gasteiger partial charge < -0.3 is 5.32 Å². The normalized spacial score (nSPS) is 11.2. The van der Waals surface area contributed by atoms with Gasteiger partial charge in [-0.15, -0.1) is 0 Å². The number of sulfonamides is 1. The molecule has 3 aromatic rings. The molecule has 0 aliphatic rings. The molecule has 0 aliphatic heterocycles. The number of halogens is 2. The second kappa shape index (κ2) is 7.31. The lowest BCUT2D eigenvalue weighted by Gasteiger charge is -2.10. The zero-order valence-electron chi connectivity index (χ0n) is 13.7. The molecule has 1 heterocycles. The molecule has 0 aliphatic carbocycles. The monoisotopic (exact) mass is 391 g/mol. The van der Waals surface area contributed by atoms with Crippen molar-refractivity contribution in [3.05, 3.63) is 77.2 Å². The van der Waals surface area contributed by atoms with E-state index >= 15 is 0 Å². The number of nitrogens with one attached hydrogen (secondary N) is 2. The van der Waals surface area contributed by atoms with Gasteiger partial charge in [0.05, 0.1) is 16.8 Å². The number of hydrogen-bond acceptors (Lipinski definition) is 4. The molecule has 0 unspecified atom stereocenters. The topological polar surface area (TPSA) is 71.1 Å². The third-order valence-electron chi connectivity index (χ3n) is 3.57. The van der Waals surface area contributed by atoms with E-state index in [-0.39, 0.29) is 10.7 Å². The molecule has 2 N–H and O–H groups in total. The predicted octanol–water partition coefficient (Wildman–Crippen LogP) is 4.73. The van der Waals surface area contributed by atoms with Gasteiger partial charge in [-0.05, 0) is 67.1 Å². The van der Waals surface area contributed by atoms with Gasteiger partial charge in [0.25, 0.3) is 10.0 Å². The summed E-state index contributed by atoms with van der Waals surface area (Å²) in [6.07, 6.45) is 1.40. The molecule has 5 nitrogen and oxygen atoms in total. The number of hydrogen-bond donors (Lipinski definition) is 2. The van der Waals surface area contributed by atoms with E-state index in [1.165, 1.54) is 30.5 Å². The van der Waals surface area contributed by atoms with E-state index in [1.807, 2.05) is 0 Å². The molecule has 0 saturated heterocycles. The van der Waals surface area contributed by atoms with Gasteiger partial charge in [0.1, 0.15) is 11.6 Å². The molecule has 0 bridgehead atoms. The highest BCUT2D eigenvalue weighted by atomic mass is 35.5. The highest BCUT2D eigenvalue weighted by Gasteiger charge is 2.15. The highest BCUT2D eigenvalue weighted by Crippen LogP contribution is 2.22. The van der Waals surface area contributed by atoms with Crippen molar-refractivity contribution in [2.45, 2.75) is 11.8 Å². The van der Waals surface area contributed by atoms with Crippen LogP contribution in [0.2, 0.25) is 5.02 Å².